The van der Waals surface area contributed by atoms with Crippen molar-refractivity contribution in [3.8, 4) is 0 Å². The zero-order valence-corrected chi connectivity index (χ0v) is 10.4. The van der Waals surface area contributed by atoms with Gasteiger partial charge in [0.25, 0.3) is 0 Å². The zero-order chi connectivity index (χ0) is 7.56. The van der Waals surface area contributed by atoms with E-state index >= 15 is 0 Å². The van der Waals surface area contributed by atoms with Crippen LogP contribution in [0.2, 0.25) is 0 Å². The first-order valence-electron chi connectivity index (χ1n) is 3.39. The van der Waals surface area contributed by atoms with Crippen molar-refractivity contribution in [2.45, 2.75) is 19.4 Å². The molecule has 0 amide bonds. The monoisotopic (exact) mass is 243 g/mol. The van der Waals surface area contributed by atoms with Crippen molar-refractivity contribution in [2.75, 3.05) is 7.11 Å². The predicted molar refractivity (Wildman–Crippen MR) is 51.8 cm³/mol. The van der Waals surface area contributed by atoms with E-state index in [1.54, 1.807) is 7.11 Å². The minimum absolute atomic E-state index is 0. The van der Waals surface area contributed by atoms with E-state index in [9.17, 15) is 0 Å². The quantitative estimate of drug-likeness (QED) is 0.678. The number of hydrogen-bond donors (Lipinski definition) is 0. The number of hydrogen-bond acceptors (Lipinski definition) is 1. The second kappa shape index (κ2) is 7.17. The number of allylic oxidation sites excluding steroid dienone is 2. The number of rotatable bonds is 2. The van der Waals surface area contributed by atoms with Gasteiger partial charge in [-0.15, -0.1) is 24.8 Å². The molecule has 1 unspecified atom stereocenters. The third-order valence-corrected chi connectivity index (χ3v) is 2.53. The van der Waals surface area contributed by atoms with E-state index in [-0.39, 0.29) is 30.9 Å². The first-order valence-corrected chi connectivity index (χ1v) is 4.17. The molecule has 0 fully saturated rings. The van der Waals surface area contributed by atoms with Gasteiger partial charge < -0.3 is 0 Å². The SMILES string of the molecule is COC(C)C1=[C]([Ti])CC=C1.Cl.Cl. The Bertz CT molecular complexity index is 189. The Kier molecular flexibility index (Phi) is 9.09. The van der Waals surface area contributed by atoms with Gasteiger partial charge in [-0.2, -0.15) is 0 Å². The third-order valence-electron chi connectivity index (χ3n) is 1.76. The summed E-state index contributed by atoms with van der Waals surface area (Å²) in [7, 11) is 1.75. The molecular weight excluding hydrogens is 231 g/mol. The van der Waals surface area contributed by atoms with Crippen LogP contribution in [-0.2, 0) is 25.2 Å². The van der Waals surface area contributed by atoms with Crippen LogP contribution in [0.15, 0.2) is 21.6 Å². The van der Waals surface area contributed by atoms with Crippen molar-refractivity contribution in [1.29, 1.82) is 0 Å². The van der Waals surface area contributed by atoms with Gasteiger partial charge in [-0.3, -0.25) is 0 Å². The average molecular weight is 244 g/mol. The van der Waals surface area contributed by atoms with Crippen LogP contribution in [0.1, 0.15) is 13.3 Å². The molecule has 1 aliphatic carbocycles. The Morgan fingerprint density at radius 2 is 2.08 bits per heavy atom. The minimum atomic E-state index is 0. The molecule has 12 heavy (non-hydrogen) atoms. The molecule has 1 aliphatic rings. The van der Waals surface area contributed by atoms with Crippen LogP contribution in [0, 0.1) is 0 Å². The van der Waals surface area contributed by atoms with E-state index in [1.165, 1.54) is 9.45 Å². The predicted octanol–water partition coefficient (Wildman–Crippen LogP) is 2.63. The van der Waals surface area contributed by atoms with Gasteiger partial charge in [0, 0.05) is 0 Å². The largest absolute Gasteiger partial charge is 0.147 e. The fourth-order valence-electron chi connectivity index (χ4n) is 1.03. The summed E-state index contributed by atoms with van der Waals surface area (Å²) in [5.41, 5.74) is 1.35. The second-order valence-electron chi connectivity index (χ2n) is 2.42. The van der Waals surface area contributed by atoms with Gasteiger partial charge in [0.2, 0.25) is 0 Å². The van der Waals surface area contributed by atoms with E-state index in [2.05, 4.69) is 39.5 Å². The van der Waals surface area contributed by atoms with Crippen LogP contribution < -0.4 is 0 Å². The van der Waals surface area contributed by atoms with E-state index < -0.39 is 0 Å². The van der Waals surface area contributed by atoms with Crippen molar-refractivity contribution in [3.05, 3.63) is 21.6 Å². The molecule has 0 heterocycles. The standard InChI is InChI=1S/C8H11O.2ClH.Ti/c1-7(9-2)8-5-3-4-6-8;;;/h3,5,7H,4H2,1-2H3;2*1H;. The van der Waals surface area contributed by atoms with Gasteiger partial charge in [-0.1, -0.05) is 0 Å². The fourth-order valence-corrected chi connectivity index (χ4v) is 1.66. The van der Waals surface area contributed by atoms with E-state index in [0.29, 0.717) is 0 Å². The van der Waals surface area contributed by atoms with Crippen molar-refractivity contribution >= 4 is 24.8 Å². The topological polar surface area (TPSA) is 9.23 Å². The van der Waals surface area contributed by atoms with Crippen molar-refractivity contribution in [2.24, 2.45) is 0 Å². The summed E-state index contributed by atoms with van der Waals surface area (Å²) in [5, 5.41) is 0. The Balaban J connectivity index is 0. The number of methoxy groups -OCH3 is 1. The second-order valence-corrected chi connectivity index (χ2v) is 3.36. The Hall–Kier alpha value is 0.734. The van der Waals surface area contributed by atoms with Gasteiger partial charge in [0.05, 0.1) is 0 Å². The van der Waals surface area contributed by atoms with Crippen molar-refractivity contribution < 1.29 is 25.2 Å². The molecule has 0 spiro atoms. The first kappa shape index (κ1) is 15.2. The molecule has 1 rings (SSSR count). The fraction of sp³-hybridized carbons (Fsp3) is 0.500. The molecule has 0 saturated heterocycles. The smallest absolute Gasteiger partial charge is 0.147 e. The van der Waals surface area contributed by atoms with Crippen molar-refractivity contribution in [3.63, 3.8) is 0 Å². The maximum absolute atomic E-state index is 5.20. The molecule has 0 bridgehead atoms. The maximum Gasteiger partial charge on any atom is -0.147 e. The maximum atomic E-state index is 5.20. The first-order chi connectivity index (χ1) is 4.75. The molecule has 0 aliphatic heterocycles. The summed E-state index contributed by atoms with van der Waals surface area (Å²) in [4.78, 5) is 0. The summed E-state index contributed by atoms with van der Waals surface area (Å²) in [6.45, 7) is 2.08. The van der Waals surface area contributed by atoms with Gasteiger partial charge in [0.1, 0.15) is 0 Å². The minimum Gasteiger partial charge on any atom is -0.147 e. The molecule has 0 aromatic rings. The van der Waals surface area contributed by atoms with E-state index in [1.807, 2.05) is 0 Å². The van der Waals surface area contributed by atoms with E-state index in [0.717, 1.165) is 6.42 Å². The Morgan fingerprint density at radius 3 is 2.42 bits per heavy atom. The molecule has 0 aromatic heterocycles. The molecular formula is C8H13Cl2OTi. The van der Waals surface area contributed by atoms with E-state index in [4.69, 9.17) is 4.74 Å². The van der Waals surface area contributed by atoms with Crippen LogP contribution in [0.25, 0.3) is 0 Å². The number of ether oxygens (including phenoxy) is 1. The van der Waals surface area contributed by atoms with Crippen LogP contribution in [0.4, 0.5) is 0 Å². The summed E-state index contributed by atoms with van der Waals surface area (Å²) in [6.07, 6.45) is 5.70. The third kappa shape index (κ3) is 3.63. The van der Waals surface area contributed by atoms with Gasteiger partial charge in [0.15, 0.2) is 0 Å². The number of halogens is 2. The Labute approximate surface area is 97.9 Å². The molecule has 0 radical (unpaired) electrons. The summed E-state index contributed by atoms with van der Waals surface area (Å²) < 4.78 is 6.63. The molecule has 0 saturated carbocycles. The molecule has 0 aromatic carbocycles. The molecule has 69 valence electrons. The van der Waals surface area contributed by atoms with Crippen LogP contribution in [0.3, 0.4) is 0 Å². The Morgan fingerprint density at radius 1 is 1.50 bits per heavy atom. The molecule has 4 heteroatoms. The van der Waals surface area contributed by atoms with Crippen LogP contribution in [-0.4, -0.2) is 13.2 Å². The zero-order valence-electron chi connectivity index (χ0n) is 7.16. The summed E-state index contributed by atoms with van der Waals surface area (Å²) >= 11 is 2.16. The molecule has 0 N–H and O–H groups in total. The van der Waals surface area contributed by atoms with Gasteiger partial charge in [-0.05, 0) is 0 Å². The average Bonchev–Trinajstić information content (AvgIpc) is 2.34. The summed E-state index contributed by atoms with van der Waals surface area (Å²) in [6, 6.07) is 0. The van der Waals surface area contributed by atoms with Crippen molar-refractivity contribution in [1.82, 2.24) is 0 Å². The summed E-state index contributed by atoms with van der Waals surface area (Å²) in [5.74, 6) is 0. The van der Waals surface area contributed by atoms with Crippen LogP contribution >= 0.6 is 24.8 Å². The van der Waals surface area contributed by atoms with Gasteiger partial charge >= 0.3 is 73.3 Å². The molecule has 1 atom stereocenters. The molecule has 1 nitrogen and oxygen atoms in total. The normalized spacial score (nSPS) is 16.8. The van der Waals surface area contributed by atoms with Crippen LogP contribution in [0.5, 0.6) is 0 Å². The van der Waals surface area contributed by atoms with Gasteiger partial charge in [-0.25, -0.2) is 0 Å².